The van der Waals surface area contributed by atoms with Crippen molar-refractivity contribution in [2.45, 2.75) is 6.92 Å². The Labute approximate surface area is 115 Å². The number of aryl methyl sites for hydroxylation is 1. The molecule has 4 heteroatoms. The molecule has 0 amide bonds. The first kappa shape index (κ1) is 12.4. The maximum Gasteiger partial charge on any atom is 0.176 e. The van der Waals surface area contributed by atoms with Gasteiger partial charge in [0.25, 0.3) is 0 Å². The number of anilines is 1. The zero-order chi connectivity index (χ0) is 14.1. The van der Waals surface area contributed by atoms with Crippen molar-refractivity contribution in [2.24, 2.45) is 0 Å². The summed E-state index contributed by atoms with van der Waals surface area (Å²) in [5, 5.41) is 3.84. The van der Waals surface area contributed by atoms with E-state index in [1.54, 1.807) is 12.1 Å². The molecule has 0 aliphatic heterocycles. The first-order valence-electron chi connectivity index (χ1n) is 6.24. The summed E-state index contributed by atoms with van der Waals surface area (Å²) in [5.74, 6) is 0.592. The number of hydrogen-bond donors (Lipinski definition) is 1. The van der Waals surface area contributed by atoms with E-state index in [4.69, 9.17) is 10.3 Å². The van der Waals surface area contributed by atoms with Crippen LogP contribution in [-0.4, -0.2) is 5.16 Å². The number of halogens is 1. The van der Waals surface area contributed by atoms with Gasteiger partial charge in [0.15, 0.2) is 11.6 Å². The molecule has 0 fully saturated rings. The monoisotopic (exact) mass is 268 g/mol. The van der Waals surface area contributed by atoms with Crippen LogP contribution < -0.4 is 5.73 Å². The van der Waals surface area contributed by atoms with Crippen molar-refractivity contribution in [1.82, 2.24) is 5.16 Å². The number of rotatable bonds is 2. The second kappa shape index (κ2) is 4.81. The Morgan fingerprint density at radius 2 is 1.75 bits per heavy atom. The highest BCUT2D eigenvalue weighted by Crippen LogP contribution is 2.37. The van der Waals surface area contributed by atoms with Crippen LogP contribution in [0.2, 0.25) is 0 Å². The van der Waals surface area contributed by atoms with Gasteiger partial charge in [-0.2, -0.15) is 0 Å². The summed E-state index contributed by atoms with van der Waals surface area (Å²) >= 11 is 0. The highest BCUT2D eigenvalue weighted by Gasteiger charge is 2.18. The Morgan fingerprint density at radius 3 is 2.45 bits per heavy atom. The Morgan fingerprint density at radius 1 is 1.05 bits per heavy atom. The van der Waals surface area contributed by atoms with E-state index in [-0.39, 0.29) is 5.82 Å². The van der Waals surface area contributed by atoms with Gasteiger partial charge in [0.2, 0.25) is 0 Å². The van der Waals surface area contributed by atoms with Crippen molar-refractivity contribution in [3.63, 3.8) is 0 Å². The van der Waals surface area contributed by atoms with Crippen molar-refractivity contribution >= 4 is 5.82 Å². The fourth-order valence-corrected chi connectivity index (χ4v) is 2.21. The molecule has 0 atom stereocenters. The van der Waals surface area contributed by atoms with Gasteiger partial charge in [0.05, 0.1) is 5.56 Å². The second-order valence-electron chi connectivity index (χ2n) is 4.59. The quantitative estimate of drug-likeness (QED) is 0.763. The molecule has 0 spiro atoms. The number of nitrogen functional groups attached to an aromatic ring is 1. The highest BCUT2D eigenvalue weighted by molar-refractivity contribution is 5.87. The van der Waals surface area contributed by atoms with Crippen LogP contribution in [0.25, 0.3) is 22.5 Å². The minimum absolute atomic E-state index is 0.293. The number of nitrogens with zero attached hydrogens (tertiary/aromatic N) is 1. The summed E-state index contributed by atoms with van der Waals surface area (Å²) in [5.41, 5.74) is 9.46. The van der Waals surface area contributed by atoms with Gasteiger partial charge in [0.1, 0.15) is 5.82 Å². The molecule has 3 aromatic rings. The van der Waals surface area contributed by atoms with E-state index in [0.717, 1.165) is 22.3 Å². The molecule has 100 valence electrons. The minimum Gasteiger partial charge on any atom is -0.380 e. The van der Waals surface area contributed by atoms with Crippen molar-refractivity contribution < 1.29 is 8.91 Å². The van der Waals surface area contributed by atoms with E-state index in [0.29, 0.717) is 11.6 Å². The van der Waals surface area contributed by atoms with Crippen LogP contribution in [0.15, 0.2) is 53.1 Å². The maximum atomic E-state index is 13.0. The van der Waals surface area contributed by atoms with Crippen molar-refractivity contribution in [3.05, 3.63) is 59.9 Å². The third-order valence-corrected chi connectivity index (χ3v) is 3.24. The first-order chi connectivity index (χ1) is 9.66. The average molecular weight is 268 g/mol. The summed E-state index contributed by atoms with van der Waals surface area (Å²) in [7, 11) is 0. The number of benzene rings is 2. The van der Waals surface area contributed by atoms with E-state index in [2.05, 4.69) is 5.16 Å². The molecule has 0 radical (unpaired) electrons. The van der Waals surface area contributed by atoms with Gasteiger partial charge in [-0.25, -0.2) is 4.39 Å². The van der Waals surface area contributed by atoms with Gasteiger partial charge in [-0.15, -0.1) is 0 Å². The normalized spacial score (nSPS) is 10.7. The lowest BCUT2D eigenvalue weighted by molar-refractivity contribution is 0.436. The van der Waals surface area contributed by atoms with Gasteiger partial charge in [-0.05, 0) is 42.3 Å². The lowest BCUT2D eigenvalue weighted by Crippen LogP contribution is -1.91. The van der Waals surface area contributed by atoms with E-state index < -0.39 is 0 Å². The van der Waals surface area contributed by atoms with Gasteiger partial charge in [-0.3, -0.25) is 0 Å². The molecule has 3 rings (SSSR count). The van der Waals surface area contributed by atoms with Gasteiger partial charge in [-0.1, -0.05) is 29.4 Å². The fraction of sp³-hybridized carbons (Fsp3) is 0.0625. The molecule has 0 saturated heterocycles. The zero-order valence-electron chi connectivity index (χ0n) is 10.9. The number of hydrogen-bond acceptors (Lipinski definition) is 3. The number of nitrogens with two attached hydrogens (primary N) is 1. The van der Waals surface area contributed by atoms with Crippen LogP contribution in [0.1, 0.15) is 5.56 Å². The summed E-state index contributed by atoms with van der Waals surface area (Å²) in [6.07, 6.45) is 0. The Bertz CT molecular complexity index is 747. The predicted octanol–water partition coefficient (Wildman–Crippen LogP) is 4.04. The number of aromatic nitrogens is 1. The van der Waals surface area contributed by atoms with Crippen LogP contribution in [0.3, 0.4) is 0 Å². The van der Waals surface area contributed by atoms with Crippen molar-refractivity contribution in [3.8, 4) is 22.5 Å². The molecule has 0 unspecified atom stereocenters. The van der Waals surface area contributed by atoms with Crippen LogP contribution in [-0.2, 0) is 0 Å². The average Bonchev–Trinajstić information content (AvgIpc) is 2.82. The molecule has 1 aromatic heterocycles. The van der Waals surface area contributed by atoms with Crippen molar-refractivity contribution in [1.29, 1.82) is 0 Å². The standard InChI is InChI=1S/C16H13FN2O/c1-10-4-2-3-5-13(10)14-15(20-19-16(14)18)11-6-8-12(17)9-7-11/h2-9H,1H3,(H2,18,19). The van der Waals surface area contributed by atoms with Gasteiger partial charge >= 0.3 is 0 Å². The van der Waals surface area contributed by atoms with E-state index in [1.807, 2.05) is 31.2 Å². The summed E-state index contributed by atoms with van der Waals surface area (Å²) < 4.78 is 18.4. The zero-order valence-corrected chi connectivity index (χ0v) is 10.9. The third-order valence-electron chi connectivity index (χ3n) is 3.24. The lowest BCUT2D eigenvalue weighted by Gasteiger charge is -2.06. The third kappa shape index (κ3) is 2.05. The largest absolute Gasteiger partial charge is 0.380 e. The summed E-state index contributed by atoms with van der Waals surface area (Å²) in [6.45, 7) is 2.00. The molecule has 0 saturated carbocycles. The Balaban J connectivity index is 2.20. The Hall–Kier alpha value is -2.62. The molecular formula is C16H13FN2O. The molecule has 2 N–H and O–H groups in total. The molecule has 2 aromatic carbocycles. The van der Waals surface area contributed by atoms with Crippen LogP contribution in [0, 0.1) is 12.7 Å². The van der Waals surface area contributed by atoms with E-state index in [9.17, 15) is 4.39 Å². The minimum atomic E-state index is -0.293. The predicted molar refractivity (Wildman–Crippen MR) is 76.5 cm³/mol. The maximum absolute atomic E-state index is 13.0. The molecular weight excluding hydrogens is 255 g/mol. The Kier molecular flexibility index (Phi) is 2.99. The SMILES string of the molecule is Cc1ccccc1-c1c(N)noc1-c1ccc(F)cc1. The summed E-state index contributed by atoms with van der Waals surface area (Å²) in [4.78, 5) is 0. The van der Waals surface area contributed by atoms with Gasteiger partial charge in [0, 0.05) is 5.56 Å². The lowest BCUT2D eigenvalue weighted by atomic mass is 9.98. The van der Waals surface area contributed by atoms with E-state index in [1.165, 1.54) is 12.1 Å². The first-order valence-corrected chi connectivity index (χ1v) is 6.24. The molecule has 3 nitrogen and oxygen atoms in total. The van der Waals surface area contributed by atoms with Crippen LogP contribution in [0.4, 0.5) is 10.2 Å². The second-order valence-corrected chi connectivity index (χ2v) is 4.59. The highest BCUT2D eigenvalue weighted by atomic mass is 19.1. The van der Waals surface area contributed by atoms with Crippen LogP contribution in [0.5, 0.6) is 0 Å². The summed E-state index contributed by atoms with van der Waals surface area (Å²) in [6, 6.07) is 13.9. The molecule has 0 aliphatic carbocycles. The van der Waals surface area contributed by atoms with Gasteiger partial charge < -0.3 is 10.3 Å². The van der Waals surface area contributed by atoms with E-state index >= 15 is 0 Å². The van der Waals surface area contributed by atoms with Crippen molar-refractivity contribution in [2.75, 3.05) is 5.73 Å². The molecule has 0 aliphatic rings. The topological polar surface area (TPSA) is 52.0 Å². The molecule has 1 heterocycles. The fourth-order valence-electron chi connectivity index (χ4n) is 2.21. The molecule has 0 bridgehead atoms. The smallest absolute Gasteiger partial charge is 0.176 e. The van der Waals surface area contributed by atoms with Crippen LogP contribution >= 0.6 is 0 Å². The molecule has 20 heavy (non-hydrogen) atoms.